The fraction of sp³-hybridized carbons (Fsp3) is 1.00. The van der Waals surface area contributed by atoms with Crippen LogP contribution in [0, 0.1) is 0 Å². The summed E-state index contributed by atoms with van der Waals surface area (Å²) in [6.07, 6.45) is 2.58. The molecular formula is C12H29N3. The van der Waals surface area contributed by atoms with Crippen LogP contribution >= 0.6 is 0 Å². The molecule has 92 valence electrons. The van der Waals surface area contributed by atoms with Gasteiger partial charge in [0.25, 0.3) is 0 Å². The number of nitrogens with one attached hydrogen (secondary N) is 1. The van der Waals surface area contributed by atoms with Crippen LogP contribution in [0.15, 0.2) is 0 Å². The average molecular weight is 215 g/mol. The predicted octanol–water partition coefficient (Wildman–Crippen LogP) is 1.26. The van der Waals surface area contributed by atoms with Crippen molar-refractivity contribution in [1.82, 2.24) is 15.1 Å². The summed E-state index contributed by atoms with van der Waals surface area (Å²) in [5, 5.41) is 3.46. The predicted molar refractivity (Wildman–Crippen MR) is 68.4 cm³/mol. The number of nitrogens with zero attached hydrogens (tertiary/aromatic N) is 2. The van der Waals surface area contributed by atoms with E-state index < -0.39 is 0 Å². The summed E-state index contributed by atoms with van der Waals surface area (Å²) in [5.41, 5.74) is 0. The Morgan fingerprint density at radius 2 is 1.67 bits per heavy atom. The molecule has 0 aromatic carbocycles. The molecule has 3 heteroatoms. The Morgan fingerprint density at radius 1 is 1.07 bits per heavy atom. The standard InChI is InChI=1S/C12H29N3/c1-6-7-12(2)15(5)11-9-13-8-10-14(3)4/h12-13H,6-11H2,1-5H3. The van der Waals surface area contributed by atoms with E-state index in [-0.39, 0.29) is 0 Å². The van der Waals surface area contributed by atoms with Crippen molar-refractivity contribution < 1.29 is 0 Å². The molecular weight excluding hydrogens is 186 g/mol. The highest BCUT2D eigenvalue weighted by atomic mass is 15.1. The summed E-state index contributed by atoms with van der Waals surface area (Å²) < 4.78 is 0. The van der Waals surface area contributed by atoms with E-state index in [2.05, 4.69) is 50.1 Å². The maximum absolute atomic E-state index is 3.46. The molecule has 0 rings (SSSR count). The molecule has 0 aliphatic carbocycles. The van der Waals surface area contributed by atoms with Crippen LogP contribution in [0.4, 0.5) is 0 Å². The van der Waals surface area contributed by atoms with Gasteiger partial charge in [0.05, 0.1) is 0 Å². The maximum Gasteiger partial charge on any atom is 0.0107 e. The summed E-state index contributed by atoms with van der Waals surface area (Å²) in [6, 6.07) is 0.714. The quantitative estimate of drug-likeness (QED) is 0.584. The van der Waals surface area contributed by atoms with Crippen molar-refractivity contribution in [2.75, 3.05) is 47.3 Å². The zero-order chi connectivity index (χ0) is 11.7. The third-order valence-corrected chi connectivity index (χ3v) is 2.84. The zero-order valence-electron chi connectivity index (χ0n) is 11.2. The van der Waals surface area contributed by atoms with Crippen LogP contribution in [0.3, 0.4) is 0 Å². The van der Waals surface area contributed by atoms with Crippen LogP contribution in [-0.2, 0) is 0 Å². The van der Waals surface area contributed by atoms with Crippen LogP contribution in [0.2, 0.25) is 0 Å². The molecule has 1 N–H and O–H groups in total. The SMILES string of the molecule is CCCC(C)N(C)CCNCCN(C)C. The second-order valence-electron chi connectivity index (χ2n) is 4.67. The highest BCUT2D eigenvalue weighted by Gasteiger charge is 2.06. The lowest BCUT2D eigenvalue weighted by atomic mass is 10.2. The first-order chi connectivity index (χ1) is 7.07. The van der Waals surface area contributed by atoms with Crippen molar-refractivity contribution in [2.24, 2.45) is 0 Å². The first kappa shape index (κ1) is 14.9. The van der Waals surface area contributed by atoms with Crippen molar-refractivity contribution in [3.63, 3.8) is 0 Å². The summed E-state index contributed by atoms with van der Waals surface area (Å²) in [6.45, 7) is 9.01. The van der Waals surface area contributed by atoms with Crippen molar-refractivity contribution in [3.8, 4) is 0 Å². The second-order valence-corrected chi connectivity index (χ2v) is 4.67. The molecule has 0 radical (unpaired) electrons. The van der Waals surface area contributed by atoms with Gasteiger partial charge in [0.2, 0.25) is 0 Å². The van der Waals surface area contributed by atoms with Gasteiger partial charge >= 0.3 is 0 Å². The normalized spacial score (nSPS) is 13.8. The van der Waals surface area contributed by atoms with Gasteiger partial charge in [-0.1, -0.05) is 13.3 Å². The Morgan fingerprint density at radius 3 is 2.20 bits per heavy atom. The molecule has 0 aliphatic heterocycles. The molecule has 0 bridgehead atoms. The molecule has 0 aromatic rings. The first-order valence-corrected chi connectivity index (χ1v) is 6.13. The summed E-state index contributed by atoms with van der Waals surface area (Å²) in [5.74, 6) is 0. The lowest BCUT2D eigenvalue weighted by Gasteiger charge is -2.24. The van der Waals surface area contributed by atoms with Gasteiger partial charge in [0.15, 0.2) is 0 Å². The van der Waals surface area contributed by atoms with Crippen LogP contribution in [-0.4, -0.2) is 63.2 Å². The Labute approximate surface area is 95.8 Å². The van der Waals surface area contributed by atoms with Gasteiger partial charge in [-0.2, -0.15) is 0 Å². The van der Waals surface area contributed by atoms with Gasteiger partial charge in [0, 0.05) is 32.2 Å². The van der Waals surface area contributed by atoms with Crippen molar-refractivity contribution >= 4 is 0 Å². The Bertz CT molecular complexity index is 137. The van der Waals surface area contributed by atoms with Crippen LogP contribution in [0.25, 0.3) is 0 Å². The van der Waals surface area contributed by atoms with E-state index in [4.69, 9.17) is 0 Å². The number of hydrogen-bond acceptors (Lipinski definition) is 3. The number of rotatable bonds is 9. The van der Waals surface area contributed by atoms with E-state index in [9.17, 15) is 0 Å². The highest BCUT2D eigenvalue weighted by Crippen LogP contribution is 2.02. The van der Waals surface area contributed by atoms with Crippen LogP contribution in [0.1, 0.15) is 26.7 Å². The molecule has 0 heterocycles. The smallest absolute Gasteiger partial charge is 0.0107 e. The van der Waals surface area contributed by atoms with E-state index >= 15 is 0 Å². The molecule has 0 saturated heterocycles. The Hall–Kier alpha value is -0.120. The van der Waals surface area contributed by atoms with E-state index in [0.717, 1.165) is 26.2 Å². The van der Waals surface area contributed by atoms with Gasteiger partial charge in [0.1, 0.15) is 0 Å². The van der Waals surface area contributed by atoms with E-state index in [1.54, 1.807) is 0 Å². The third-order valence-electron chi connectivity index (χ3n) is 2.84. The third kappa shape index (κ3) is 8.85. The minimum absolute atomic E-state index is 0.714. The monoisotopic (exact) mass is 215 g/mol. The topological polar surface area (TPSA) is 18.5 Å². The lowest BCUT2D eigenvalue weighted by Crippen LogP contribution is -2.37. The molecule has 1 atom stereocenters. The molecule has 0 amide bonds. The maximum atomic E-state index is 3.46. The number of likely N-dealkylation sites (N-methyl/N-ethyl adjacent to an activating group) is 2. The van der Waals surface area contributed by atoms with Gasteiger partial charge < -0.3 is 15.1 Å². The van der Waals surface area contributed by atoms with Gasteiger partial charge in [-0.3, -0.25) is 0 Å². The fourth-order valence-corrected chi connectivity index (χ4v) is 1.54. The zero-order valence-corrected chi connectivity index (χ0v) is 11.2. The van der Waals surface area contributed by atoms with Crippen molar-refractivity contribution in [2.45, 2.75) is 32.7 Å². The van der Waals surface area contributed by atoms with Crippen molar-refractivity contribution in [1.29, 1.82) is 0 Å². The van der Waals surface area contributed by atoms with Crippen LogP contribution in [0.5, 0.6) is 0 Å². The van der Waals surface area contributed by atoms with Crippen molar-refractivity contribution in [3.05, 3.63) is 0 Å². The molecule has 0 saturated carbocycles. The van der Waals surface area contributed by atoms with Gasteiger partial charge in [-0.25, -0.2) is 0 Å². The highest BCUT2D eigenvalue weighted by molar-refractivity contribution is 4.63. The Balaban J connectivity index is 3.34. The molecule has 3 nitrogen and oxygen atoms in total. The lowest BCUT2D eigenvalue weighted by molar-refractivity contribution is 0.244. The average Bonchev–Trinajstić information content (AvgIpc) is 2.16. The molecule has 0 aliphatic rings. The summed E-state index contributed by atoms with van der Waals surface area (Å²) in [4.78, 5) is 4.64. The second kappa shape index (κ2) is 9.13. The minimum Gasteiger partial charge on any atom is -0.314 e. The summed E-state index contributed by atoms with van der Waals surface area (Å²) in [7, 11) is 6.43. The summed E-state index contributed by atoms with van der Waals surface area (Å²) >= 11 is 0. The van der Waals surface area contributed by atoms with E-state index in [1.165, 1.54) is 12.8 Å². The van der Waals surface area contributed by atoms with Crippen LogP contribution < -0.4 is 5.32 Å². The molecule has 1 unspecified atom stereocenters. The fourth-order valence-electron chi connectivity index (χ4n) is 1.54. The number of hydrogen-bond donors (Lipinski definition) is 1. The molecule has 0 spiro atoms. The largest absolute Gasteiger partial charge is 0.314 e. The minimum atomic E-state index is 0.714. The van der Waals surface area contributed by atoms with E-state index in [1.807, 2.05) is 0 Å². The Kier molecular flexibility index (Phi) is 9.06. The molecule has 0 fully saturated rings. The molecule has 15 heavy (non-hydrogen) atoms. The van der Waals surface area contributed by atoms with Gasteiger partial charge in [-0.05, 0) is 34.5 Å². The first-order valence-electron chi connectivity index (χ1n) is 6.13. The van der Waals surface area contributed by atoms with Gasteiger partial charge in [-0.15, -0.1) is 0 Å². The molecule has 0 aromatic heterocycles. The van der Waals surface area contributed by atoms with E-state index in [0.29, 0.717) is 6.04 Å².